The molecule has 2 aromatic rings. The number of nitrogens with one attached hydrogen (secondary N) is 2. The quantitative estimate of drug-likeness (QED) is 0.534. The molecule has 0 radical (unpaired) electrons. The van der Waals surface area contributed by atoms with E-state index in [1.165, 1.54) is 17.3 Å². The van der Waals surface area contributed by atoms with Gasteiger partial charge in [0.1, 0.15) is 11.6 Å². The zero-order chi connectivity index (χ0) is 19.8. The zero-order valence-corrected chi connectivity index (χ0v) is 16.4. The lowest BCUT2D eigenvalue weighted by molar-refractivity contribution is -0.117. The Morgan fingerprint density at radius 3 is 2.15 bits per heavy atom. The van der Waals surface area contributed by atoms with E-state index in [-0.39, 0.29) is 11.6 Å². The molecule has 2 aromatic carbocycles. The molecule has 140 valence electrons. The van der Waals surface area contributed by atoms with Crippen molar-refractivity contribution in [3.8, 4) is 6.07 Å². The SMILES string of the molecule is CCc1ccc(C(C)NC(=O)/C(C#N)=C\Nc2ccc(C(C)C)cc2)cc1. The molecule has 0 fully saturated rings. The molecule has 0 aliphatic heterocycles. The molecular weight excluding hydrogens is 334 g/mol. The van der Waals surface area contributed by atoms with Gasteiger partial charge in [-0.1, -0.05) is 57.2 Å². The van der Waals surface area contributed by atoms with Crippen LogP contribution in [0.2, 0.25) is 0 Å². The van der Waals surface area contributed by atoms with Crippen molar-refractivity contribution in [3.05, 3.63) is 77.0 Å². The summed E-state index contributed by atoms with van der Waals surface area (Å²) in [5.41, 5.74) is 4.38. The van der Waals surface area contributed by atoms with Crippen LogP contribution < -0.4 is 10.6 Å². The van der Waals surface area contributed by atoms with Crippen LogP contribution in [0.3, 0.4) is 0 Å². The maximum Gasteiger partial charge on any atom is 0.263 e. The predicted molar refractivity (Wildman–Crippen MR) is 110 cm³/mol. The van der Waals surface area contributed by atoms with E-state index >= 15 is 0 Å². The fourth-order valence-corrected chi connectivity index (χ4v) is 2.67. The monoisotopic (exact) mass is 361 g/mol. The fraction of sp³-hybridized carbons (Fsp3) is 0.304. The number of carbonyl (C=O) groups excluding carboxylic acids is 1. The molecule has 2 rings (SSSR count). The third-order valence-electron chi connectivity index (χ3n) is 4.56. The van der Waals surface area contributed by atoms with Crippen LogP contribution in [0.4, 0.5) is 5.69 Å². The van der Waals surface area contributed by atoms with Gasteiger partial charge in [-0.05, 0) is 48.1 Å². The number of amides is 1. The molecule has 0 saturated heterocycles. The van der Waals surface area contributed by atoms with Gasteiger partial charge in [0.2, 0.25) is 0 Å². The number of carbonyl (C=O) groups is 1. The van der Waals surface area contributed by atoms with Gasteiger partial charge in [0.25, 0.3) is 5.91 Å². The minimum atomic E-state index is -0.393. The van der Waals surface area contributed by atoms with E-state index in [0.29, 0.717) is 5.92 Å². The van der Waals surface area contributed by atoms with Gasteiger partial charge >= 0.3 is 0 Å². The summed E-state index contributed by atoms with van der Waals surface area (Å²) in [5, 5.41) is 15.2. The fourth-order valence-electron chi connectivity index (χ4n) is 2.67. The summed E-state index contributed by atoms with van der Waals surface area (Å²) < 4.78 is 0. The zero-order valence-electron chi connectivity index (χ0n) is 16.4. The molecule has 0 aliphatic rings. The Morgan fingerprint density at radius 1 is 1.04 bits per heavy atom. The van der Waals surface area contributed by atoms with Gasteiger partial charge in [0.15, 0.2) is 0 Å². The van der Waals surface area contributed by atoms with Crippen LogP contribution in [0.15, 0.2) is 60.3 Å². The first-order chi connectivity index (χ1) is 12.9. The van der Waals surface area contributed by atoms with Crippen LogP contribution in [0.5, 0.6) is 0 Å². The summed E-state index contributed by atoms with van der Waals surface area (Å²) in [5.74, 6) is 0.0683. The van der Waals surface area contributed by atoms with E-state index in [1.54, 1.807) is 0 Å². The van der Waals surface area contributed by atoms with E-state index in [0.717, 1.165) is 17.7 Å². The van der Waals surface area contributed by atoms with Crippen LogP contribution in [0.25, 0.3) is 0 Å². The highest BCUT2D eigenvalue weighted by atomic mass is 16.1. The maximum absolute atomic E-state index is 12.4. The predicted octanol–water partition coefficient (Wildman–Crippen LogP) is 5.07. The summed E-state index contributed by atoms with van der Waals surface area (Å²) in [6.07, 6.45) is 2.43. The number of nitriles is 1. The Hall–Kier alpha value is -3.06. The molecular formula is C23H27N3O. The van der Waals surface area contributed by atoms with Crippen molar-refractivity contribution < 1.29 is 4.79 Å². The molecule has 1 amide bonds. The molecule has 0 saturated carbocycles. The van der Waals surface area contributed by atoms with E-state index in [2.05, 4.69) is 43.5 Å². The van der Waals surface area contributed by atoms with Crippen molar-refractivity contribution in [1.82, 2.24) is 5.32 Å². The van der Waals surface area contributed by atoms with E-state index in [9.17, 15) is 10.1 Å². The first-order valence-electron chi connectivity index (χ1n) is 9.31. The number of benzene rings is 2. The molecule has 4 heteroatoms. The molecule has 0 aliphatic carbocycles. The molecule has 2 N–H and O–H groups in total. The van der Waals surface area contributed by atoms with Crippen LogP contribution in [0.1, 0.15) is 56.3 Å². The van der Waals surface area contributed by atoms with Gasteiger partial charge < -0.3 is 10.6 Å². The average molecular weight is 361 g/mol. The lowest BCUT2D eigenvalue weighted by Crippen LogP contribution is -2.28. The van der Waals surface area contributed by atoms with Crippen LogP contribution >= 0.6 is 0 Å². The van der Waals surface area contributed by atoms with Crippen molar-refractivity contribution in [2.45, 2.75) is 46.1 Å². The van der Waals surface area contributed by atoms with Crippen molar-refractivity contribution >= 4 is 11.6 Å². The molecule has 0 aromatic heterocycles. The Balaban J connectivity index is 2.01. The minimum absolute atomic E-state index is 0.0416. The highest BCUT2D eigenvalue weighted by molar-refractivity contribution is 5.97. The Morgan fingerprint density at radius 2 is 1.63 bits per heavy atom. The molecule has 27 heavy (non-hydrogen) atoms. The number of aryl methyl sites for hydroxylation is 1. The van der Waals surface area contributed by atoms with Crippen molar-refractivity contribution in [3.63, 3.8) is 0 Å². The molecule has 0 bridgehead atoms. The van der Waals surface area contributed by atoms with E-state index < -0.39 is 5.91 Å². The van der Waals surface area contributed by atoms with Gasteiger partial charge in [-0.15, -0.1) is 0 Å². The number of hydrogen-bond acceptors (Lipinski definition) is 3. The van der Waals surface area contributed by atoms with Crippen molar-refractivity contribution in [2.75, 3.05) is 5.32 Å². The standard InChI is InChI=1S/C23H27N3O/c1-5-18-6-8-20(9-7-18)17(4)26-23(27)21(14-24)15-25-22-12-10-19(11-13-22)16(2)3/h6-13,15-17,25H,5H2,1-4H3,(H,26,27)/b21-15-. The van der Waals surface area contributed by atoms with Crippen LogP contribution in [0, 0.1) is 11.3 Å². The van der Waals surface area contributed by atoms with Crippen molar-refractivity contribution in [2.24, 2.45) is 0 Å². The molecule has 0 spiro atoms. The third kappa shape index (κ3) is 5.72. The third-order valence-corrected chi connectivity index (χ3v) is 4.56. The van der Waals surface area contributed by atoms with E-state index in [4.69, 9.17) is 0 Å². The summed E-state index contributed by atoms with van der Waals surface area (Å²) in [4.78, 5) is 12.4. The highest BCUT2D eigenvalue weighted by Crippen LogP contribution is 2.18. The number of nitrogens with zero attached hydrogens (tertiary/aromatic N) is 1. The van der Waals surface area contributed by atoms with Gasteiger partial charge in [0, 0.05) is 11.9 Å². The Bertz CT molecular complexity index is 827. The van der Waals surface area contributed by atoms with E-state index in [1.807, 2.05) is 49.4 Å². The van der Waals surface area contributed by atoms with Crippen LogP contribution in [-0.4, -0.2) is 5.91 Å². The number of hydrogen-bond donors (Lipinski definition) is 2. The summed E-state index contributed by atoms with van der Waals surface area (Å²) in [6, 6.07) is 17.9. The number of anilines is 1. The molecule has 0 heterocycles. The Labute approximate surface area is 161 Å². The second kappa shape index (κ2) is 9.59. The summed E-state index contributed by atoms with van der Waals surface area (Å²) in [6.45, 7) is 8.29. The lowest BCUT2D eigenvalue weighted by Gasteiger charge is -2.14. The lowest BCUT2D eigenvalue weighted by atomic mass is 10.0. The van der Waals surface area contributed by atoms with Gasteiger partial charge in [-0.2, -0.15) is 5.26 Å². The maximum atomic E-state index is 12.4. The normalized spacial score (nSPS) is 12.4. The average Bonchev–Trinajstić information content (AvgIpc) is 2.68. The van der Waals surface area contributed by atoms with Gasteiger partial charge in [0.05, 0.1) is 6.04 Å². The van der Waals surface area contributed by atoms with Gasteiger partial charge in [-0.25, -0.2) is 0 Å². The molecule has 4 nitrogen and oxygen atoms in total. The number of rotatable bonds is 7. The first kappa shape index (κ1) is 20.3. The van der Waals surface area contributed by atoms with Crippen molar-refractivity contribution in [1.29, 1.82) is 5.26 Å². The first-order valence-corrected chi connectivity index (χ1v) is 9.31. The van der Waals surface area contributed by atoms with Gasteiger partial charge in [-0.3, -0.25) is 4.79 Å². The smallest absolute Gasteiger partial charge is 0.263 e. The summed E-state index contributed by atoms with van der Waals surface area (Å²) in [7, 11) is 0. The summed E-state index contributed by atoms with van der Waals surface area (Å²) >= 11 is 0. The largest absolute Gasteiger partial charge is 0.360 e. The van der Waals surface area contributed by atoms with Crippen LogP contribution in [-0.2, 0) is 11.2 Å². The topological polar surface area (TPSA) is 64.9 Å². The second-order valence-electron chi connectivity index (χ2n) is 6.88. The second-order valence-corrected chi connectivity index (χ2v) is 6.88. The molecule has 1 unspecified atom stereocenters. The highest BCUT2D eigenvalue weighted by Gasteiger charge is 2.13. The molecule has 1 atom stereocenters. The minimum Gasteiger partial charge on any atom is -0.360 e. The Kier molecular flexibility index (Phi) is 7.19.